The van der Waals surface area contributed by atoms with Gasteiger partial charge >= 0.3 is 0 Å². The van der Waals surface area contributed by atoms with Crippen molar-refractivity contribution in [1.29, 1.82) is 0 Å². The highest BCUT2D eigenvalue weighted by molar-refractivity contribution is 6.33. The first-order valence-corrected chi connectivity index (χ1v) is 5.85. The Labute approximate surface area is 106 Å². The highest BCUT2D eigenvalue weighted by atomic mass is 35.5. The number of hydrogen-bond acceptors (Lipinski definition) is 1. The lowest BCUT2D eigenvalue weighted by Crippen LogP contribution is -2.41. The molecule has 0 aliphatic heterocycles. The average Bonchev–Trinajstić information content (AvgIpc) is 2.15. The van der Waals surface area contributed by atoms with E-state index in [0.29, 0.717) is 5.56 Å². The highest BCUT2D eigenvalue weighted by Crippen LogP contribution is 2.21. The van der Waals surface area contributed by atoms with E-state index in [-0.39, 0.29) is 22.4 Å². The fourth-order valence-electron chi connectivity index (χ4n) is 1.16. The fourth-order valence-corrected chi connectivity index (χ4v) is 1.42. The molecule has 0 fully saturated rings. The van der Waals surface area contributed by atoms with Crippen molar-refractivity contribution in [2.24, 2.45) is 5.41 Å². The number of carbonyl (C=O) groups excluding carboxylic acids is 1. The van der Waals surface area contributed by atoms with Gasteiger partial charge in [0.15, 0.2) is 0 Å². The molecule has 1 atom stereocenters. The molecule has 0 saturated carbocycles. The summed E-state index contributed by atoms with van der Waals surface area (Å²) in [6, 6.07) is 3.75. The van der Waals surface area contributed by atoms with Gasteiger partial charge in [0.2, 0.25) is 0 Å². The average molecular weight is 258 g/mol. The number of rotatable bonds is 2. The maximum Gasteiger partial charge on any atom is 0.253 e. The minimum Gasteiger partial charge on any atom is -0.349 e. The molecule has 0 spiro atoms. The van der Waals surface area contributed by atoms with E-state index in [2.05, 4.69) is 5.32 Å². The van der Waals surface area contributed by atoms with Crippen LogP contribution in [0.25, 0.3) is 0 Å². The summed E-state index contributed by atoms with van der Waals surface area (Å²) in [5, 5.41) is 2.98. The van der Waals surface area contributed by atoms with Crippen LogP contribution in [-0.2, 0) is 0 Å². The maximum atomic E-state index is 12.8. The Hall–Kier alpha value is -1.09. The lowest BCUT2D eigenvalue weighted by molar-refractivity contribution is 0.0910. The number of amides is 1. The summed E-state index contributed by atoms with van der Waals surface area (Å²) < 4.78 is 12.8. The predicted molar refractivity (Wildman–Crippen MR) is 67.8 cm³/mol. The van der Waals surface area contributed by atoms with E-state index in [0.717, 1.165) is 6.07 Å². The van der Waals surface area contributed by atoms with Crippen molar-refractivity contribution in [2.45, 2.75) is 33.7 Å². The standard InChI is InChI=1S/C13H17ClFNO/c1-8(13(2,3)4)16-12(17)10-6-5-9(15)7-11(10)14/h5-8H,1-4H3,(H,16,17). The van der Waals surface area contributed by atoms with Crippen LogP contribution in [0.3, 0.4) is 0 Å². The second-order valence-electron chi connectivity index (χ2n) is 5.19. The summed E-state index contributed by atoms with van der Waals surface area (Å²) in [6.45, 7) is 8.02. The molecular formula is C13H17ClFNO. The van der Waals surface area contributed by atoms with Crippen LogP contribution in [0.15, 0.2) is 18.2 Å². The molecular weight excluding hydrogens is 241 g/mol. The molecule has 1 unspecified atom stereocenters. The van der Waals surface area contributed by atoms with Crippen molar-refractivity contribution in [3.05, 3.63) is 34.6 Å². The summed E-state index contributed by atoms with van der Waals surface area (Å²) >= 11 is 5.82. The molecule has 0 aromatic heterocycles. The summed E-state index contributed by atoms with van der Waals surface area (Å²) in [6.07, 6.45) is 0. The number of nitrogens with one attached hydrogen (secondary N) is 1. The van der Waals surface area contributed by atoms with E-state index in [4.69, 9.17) is 11.6 Å². The Morgan fingerprint density at radius 3 is 2.47 bits per heavy atom. The Balaban J connectivity index is 2.84. The third-order valence-corrected chi connectivity index (χ3v) is 3.14. The van der Waals surface area contributed by atoms with Crippen molar-refractivity contribution < 1.29 is 9.18 Å². The number of hydrogen-bond donors (Lipinski definition) is 1. The zero-order valence-electron chi connectivity index (χ0n) is 10.5. The molecule has 1 aromatic rings. The normalized spacial score (nSPS) is 13.3. The van der Waals surface area contributed by atoms with Crippen LogP contribution in [0, 0.1) is 11.2 Å². The van der Waals surface area contributed by atoms with Gasteiger partial charge in [0.1, 0.15) is 5.82 Å². The lowest BCUT2D eigenvalue weighted by Gasteiger charge is -2.28. The second-order valence-corrected chi connectivity index (χ2v) is 5.59. The first-order chi connectivity index (χ1) is 7.71. The smallest absolute Gasteiger partial charge is 0.253 e. The molecule has 0 aliphatic carbocycles. The van der Waals surface area contributed by atoms with Crippen LogP contribution in [-0.4, -0.2) is 11.9 Å². The Bertz CT molecular complexity index is 426. The highest BCUT2D eigenvalue weighted by Gasteiger charge is 2.23. The maximum absolute atomic E-state index is 12.8. The Kier molecular flexibility index (Phi) is 4.15. The third kappa shape index (κ3) is 3.70. The van der Waals surface area contributed by atoms with Gasteiger partial charge in [0.25, 0.3) is 5.91 Å². The van der Waals surface area contributed by atoms with E-state index in [1.54, 1.807) is 0 Å². The van der Waals surface area contributed by atoms with Gasteiger partial charge in [-0.25, -0.2) is 4.39 Å². The van der Waals surface area contributed by atoms with Crippen LogP contribution >= 0.6 is 11.6 Å². The summed E-state index contributed by atoms with van der Waals surface area (Å²) in [5.74, 6) is -0.729. The SMILES string of the molecule is CC(NC(=O)c1ccc(F)cc1Cl)C(C)(C)C. The summed E-state index contributed by atoms with van der Waals surface area (Å²) in [4.78, 5) is 11.9. The number of halogens is 2. The first kappa shape index (κ1) is 14.0. The number of benzene rings is 1. The van der Waals surface area contributed by atoms with Crippen LogP contribution in [0.5, 0.6) is 0 Å². The van der Waals surface area contributed by atoms with Gasteiger partial charge in [0.05, 0.1) is 10.6 Å². The minimum atomic E-state index is -0.449. The van der Waals surface area contributed by atoms with Gasteiger partial charge in [-0.15, -0.1) is 0 Å². The van der Waals surface area contributed by atoms with Crippen molar-refractivity contribution >= 4 is 17.5 Å². The lowest BCUT2D eigenvalue weighted by atomic mass is 9.88. The van der Waals surface area contributed by atoms with E-state index >= 15 is 0 Å². The molecule has 0 bridgehead atoms. The van der Waals surface area contributed by atoms with Gasteiger partial charge in [-0.3, -0.25) is 4.79 Å². The van der Waals surface area contributed by atoms with Crippen LogP contribution < -0.4 is 5.32 Å². The van der Waals surface area contributed by atoms with E-state index < -0.39 is 5.82 Å². The summed E-state index contributed by atoms with van der Waals surface area (Å²) in [7, 11) is 0. The Morgan fingerprint density at radius 1 is 1.41 bits per heavy atom. The van der Waals surface area contributed by atoms with E-state index in [9.17, 15) is 9.18 Å². The molecule has 4 heteroatoms. The predicted octanol–water partition coefficient (Wildman–Crippen LogP) is 3.64. The van der Waals surface area contributed by atoms with Gasteiger partial charge in [-0.05, 0) is 30.5 Å². The molecule has 0 aliphatic rings. The molecule has 0 heterocycles. The van der Waals surface area contributed by atoms with Crippen molar-refractivity contribution in [2.75, 3.05) is 0 Å². The second kappa shape index (κ2) is 5.05. The topological polar surface area (TPSA) is 29.1 Å². The molecule has 1 amide bonds. The molecule has 0 radical (unpaired) electrons. The molecule has 0 saturated heterocycles. The fraction of sp³-hybridized carbons (Fsp3) is 0.462. The van der Waals surface area contributed by atoms with Crippen LogP contribution in [0.2, 0.25) is 5.02 Å². The van der Waals surface area contributed by atoms with Crippen molar-refractivity contribution in [3.8, 4) is 0 Å². The summed E-state index contributed by atoms with van der Waals surface area (Å²) in [5.41, 5.74) is 0.256. The van der Waals surface area contributed by atoms with Crippen LogP contribution in [0.1, 0.15) is 38.1 Å². The monoisotopic (exact) mass is 257 g/mol. The molecule has 1 aromatic carbocycles. The first-order valence-electron chi connectivity index (χ1n) is 5.47. The van der Waals surface area contributed by atoms with E-state index in [1.165, 1.54) is 12.1 Å². The molecule has 17 heavy (non-hydrogen) atoms. The zero-order valence-corrected chi connectivity index (χ0v) is 11.2. The van der Waals surface area contributed by atoms with E-state index in [1.807, 2.05) is 27.7 Å². The third-order valence-electron chi connectivity index (χ3n) is 2.82. The quantitative estimate of drug-likeness (QED) is 0.861. The molecule has 94 valence electrons. The number of carbonyl (C=O) groups is 1. The van der Waals surface area contributed by atoms with Crippen molar-refractivity contribution in [3.63, 3.8) is 0 Å². The molecule has 2 nitrogen and oxygen atoms in total. The van der Waals surface area contributed by atoms with Gasteiger partial charge in [-0.2, -0.15) is 0 Å². The van der Waals surface area contributed by atoms with Gasteiger partial charge < -0.3 is 5.32 Å². The minimum absolute atomic E-state index is 0.00359. The van der Waals surface area contributed by atoms with Crippen LogP contribution in [0.4, 0.5) is 4.39 Å². The molecule has 1 N–H and O–H groups in total. The Morgan fingerprint density at radius 2 is 2.00 bits per heavy atom. The molecule has 1 rings (SSSR count). The van der Waals surface area contributed by atoms with Gasteiger partial charge in [-0.1, -0.05) is 32.4 Å². The van der Waals surface area contributed by atoms with Gasteiger partial charge in [0, 0.05) is 6.04 Å². The zero-order chi connectivity index (χ0) is 13.2. The largest absolute Gasteiger partial charge is 0.349 e. The van der Waals surface area contributed by atoms with Crippen molar-refractivity contribution in [1.82, 2.24) is 5.32 Å².